The summed E-state index contributed by atoms with van der Waals surface area (Å²) in [5, 5.41) is 0. The van der Waals surface area contributed by atoms with Crippen LogP contribution >= 0.6 is 0 Å². The smallest absolute Gasteiger partial charge is 0.260 e. The molecule has 10 heterocycles. The molecule has 1 unspecified atom stereocenters. The number of hydrogen-bond acceptors (Lipinski definition) is 10. The quantitative estimate of drug-likeness (QED) is 0.150. The summed E-state index contributed by atoms with van der Waals surface area (Å²) in [5.74, 6) is 18.7. The van der Waals surface area contributed by atoms with Crippen LogP contribution in [-0.4, -0.2) is 33.6 Å². The zero-order chi connectivity index (χ0) is 96.4. The van der Waals surface area contributed by atoms with Crippen LogP contribution in [0.25, 0.3) is 61.2 Å². The van der Waals surface area contributed by atoms with E-state index in [1.165, 1.54) is 127 Å². The van der Waals surface area contributed by atoms with Crippen molar-refractivity contribution in [3.05, 3.63) is 471 Å². The molecule has 0 radical (unpaired) electrons. The number of allylic oxidation sites excluding steroid dienone is 4. The van der Waals surface area contributed by atoms with Gasteiger partial charge in [-0.25, -0.2) is 0 Å². The highest BCUT2D eigenvalue weighted by molar-refractivity contribution is 7.01. The maximum Gasteiger partial charge on any atom is 0.260 e. The van der Waals surface area contributed by atoms with Gasteiger partial charge < -0.3 is 47.4 Å². The van der Waals surface area contributed by atoms with Gasteiger partial charge in [-0.05, 0) is 287 Å². The number of ether oxygens (including phenoxy) is 10. The minimum Gasteiger partial charge on any atom is -0.458 e. The van der Waals surface area contributed by atoms with Crippen molar-refractivity contribution < 1.29 is 47.4 Å². The zero-order valence-corrected chi connectivity index (χ0v) is 80.0. The molecule has 15 heteroatoms. The Morgan fingerprint density at radius 2 is 0.393 bits per heavy atom. The number of para-hydroxylation sites is 2. The molecule has 0 saturated heterocycles. The van der Waals surface area contributed by atoms with Gasteiger partial charge in [-0.3, -0.25) is 0 Å². The third-order valence-corrected chi connectivity index (χ3v) is 29.6. The Labute approximate surface area is 844 Å². The van der Waals surface area contributed by atoms with E-state index < -0.39 is 0 Å². The summed E-state index contributed by atoms with van der Waals surface area (Å²) in [6.45, 7) is 9.12. The average molecular weight is 1870 g/mol. The van der Waals surface area contributed by atoms with E-state index in [2.05, 4.69) is 349 Å². The van der Waals surface area contributed by atoms with Crippen LogP contribution in [0.3, 0.4) is 0 Å². The monoisotopic (exact) mass is 1860 g/mol. The van der Waals surface area contributed by atoms with E-state index in [0.29, 0.717) is 5.92 Å². The summed E-state index contributed by atoms with van der Waals surface area (Å²) in [6, 6.07) is 150. The fraction of sp³-hybridized carbons (Fsp3) is 0.0462. The molecule has 10 nitrogen and oxygen atoms in total. The maximum absolute atomic E-state index is 6.46. The van der Waals surface area contributed by atoms with E-state index in [4.69, 9.17) is 47.4 Å². The van der Waals surface area contributed by atoms with Crippen molar-refractivity contribution in [3.63, 3.8) is 0 Å². The number of aryl methyl sites for hydroxylation is 3. The highest BCUT2D eigenvalue weighted by atomic mass is 16.5. The molecule has 0 fully saturated rings. The molecule has 0 bridgehead atoms. The molecule has 11 aliphatic rings. The van der Waals surface area contributed by atoms with E-state index in [1.54, 1.807) is 0 Å². The number of hydrogen-bond donors (Lipinski definition) is 0. The van der Waals surface area contributed by atoms with E-state index in [0.717, 1.165) is 160 Å². The van der Waals surface area contributed by atoms with Crippen LogP contribution in [0.1, 0.15) is 35.6 Å². The lowest BCUT2D eigenvalue weighted by molar-refractivity contribution is 0.463. The van der Waals surface area contributed by atoms with E-state index in [-0.39, 0.29) is 33.6 Å². The van der Waals surface area contributed by atoms with Gasteiger partial charge in [-0.1, -0.05) is 340 Å². The first-order chi connectivity index (χ1) is 71.5. The molecule has 0 spiro atoms. The first-order valence-electron chi connectivity index (χ1n) is 49.8. The Morgan fingerprint density at radius 1 is 0.172 bits per heavy atom. The van der Waals surface area contributed by atoms with Gasteiger partial charge in [-0.15, -0.1) is 0 Å². The van der Waals surface area contributed by atoms with Crippen molar-refractivity contribution in [2.45, 2.75) is 34.1 Å². The van der Waals surface area contributed by atoms with Gasteiger partial charge in [0.15, 0.2) is 0 Å². The SMILES string of the molecule is Cc1ccc(-c2ccc3c(c2)Oc2cccc4c2B3c2ccc(C3=CCC(C)C=C3)cc2O4)cc1.Cc1ccc2c(c1)Oc1cccc3c1B2c1ccc(C)cc1O3.c1ccc(-c2ccc3c(c2)B2c4cc(-c5ccccc5)ccc4Oc4cccc(c42)O3)cc1.c1ccc(-c2ccc3c(c2)B2c4ccccc4Oc4cccc(c42)O3)cc1.c1ccc(-c2ccc3c(c2)Oc2cccc4c2B3c2ccccc2O4)cc1. The molecule has 1 aliphatic carbocycles. The third kappa shape index (κ3) is 15.5. The van der Waals surface area contributed by atoms with Gasteiger partial charge in [0.05, 0.1) is 0 Å². The lowest BCUT2D eigenvalue weighted by Gasteiger charge is -2.33. The van der Waals surface area contributed by atoms with Crippen molar-refractivity contribution in [3.8, 4) is 171 Å². The van der Waals surface area contributed by atoms with Crippen molar-refractivity contribution >= 4 is 121 Å². The molecular weight excluding hydrogens is 1780 g/mol. The molecular formula is C130H89B5O10. The van der Waals surface area contributed by atoms with Crippen LogP contribution in [0.15, 0.2) is 449 Å². The van der Waals surface area contributed by atoms with Crippen LogP contribution in [0.4, 0.5) is 0 Å². The van der Waals surface area contributed by atoms with Crippen molar-refractivity contribution in [2.24, 2.45) is 5.92 Å². The topological polar surface area (TPSA) is 92.3 Å². The van der Waals surface area contributed by atoms with Crippen LogP contribution < -0.4 is 129 Å². The molecule has 20 aromatic carbocycles. The van der Waals surface area contributed by atoms with Crippen LogP contribution in [0.2, 0.25) is 0 Å². The molecule has 31 rings (SSSR count). The Kier molecular flexibility index (Phi) is 21.3. The van der Waals surface area contributed by atoms with Crippen molar-refractivity contribution in [2.75, 3.05) is 0 Å². The Hall–Kier alpha value is -17.8. The molecule has 684 valence electrons. The van der Waals surface area contributed by atoms with Gasteiger partial charge in [0, 0.05) is 27.3 Å². The maximum atomic E-state index is 6.46. The van der Waals surface area contributed by atoms with Gasteiger partial charge >= 0.3 is 0 Å². The molecule has 0 saturated carbocycles. The zero-order valence-electron chi connectivity index (χ0n) is 80.0. The minimum atomic E-state index is 0.0519. The van der Waals surface area contributed by atoms with Crippen LogP contribution in [-0.2, 0) is 0 Å². The second-order valence-electron chi connectivity index (χ2n) is 38.8. The highest BCUT2D eigenvalue weighted by Crippen LogP contribution is 2.45. The first kappa shape index (κ1) is 86.3. The summed E-state index contributed by atoms with van der Waals surface area (Å²) >= 11 is 0. The molecule has 0 amide bonds. The van der Waals surface area contributed by atoms with Gasteiger partial charge in [-0.2, -0.15) is 0 Å². The van der Waals surface area contributed by atoms with E-state index in [1.807, 2.05) is 127 Å². The Bertz CT molecular complexity index is 8510. The molecule has 10 aliphatic heterocycles. The van der Waals surface area contributed by atoms with Gasteiger partial charge in [0.25, 0.3) is 33.6 Å². The Morgan fingerprint density at radius 3 is 0.717 bits per heavy atom. The number of benzene rings is 20. The van der Waals surface area contributed by atoms with Gasteiger partial charge in [0.1, 0.15) is 115 Å². The second-order valence-corrected chi connectivity index (χ2v) is 38.8. The fourth-order valence-corrected chi connectivity index (χ4v) is 22.5. The largest absolute Gasteiger partial charge is 0.458 e. The summed E-state index contributed by atoms with van der Waals surface area (Å²) in [4.78, 5) is 0. The van der Waals surface area contributed by atoms with Crippen LogP contribution in [0.5, 0.6) is 115 Å². The number of fused-ring (bicyclic) bond motifs is 20. The van der Waals surface area contributed by atoms with Gasteiger partial charge in [0.2, 0.25) is 0 Å². The molecule has 1 atom stereocenters. The minimum absolute atomic E-state index is 0.0519. The normalized spacial score (nSPS) is 13.9. The summed E-state index contributed by atoms with van der Waals surface area (Å²) < 4.78 is 62.9. The van der Waals surface area contributed by atoms with E-state index in [9.17, 15) is 0 Å². The second kappa shape index (κ2) is 35.8. The molecule has 20 aromatic rings. The Balaban J connectivity index is 0.0000000907. The standard InChI is InChI=1S/C32H25BO2.C30H19BO2.2C24H15BO2.C20H15BO2/c1-20-6-10-22(11-7-20)24-14-16-26-30(18-24)34-28-4-3-5-29-32(28)33(26)27-17-15-25(19-31(27)35-29)23-12-8-21(2)9-13-23;1-3-8-20(9-4-1)22-14-16-26-24(18-22)31-25-19-23(21-10-5-2-6-11-21)15-17-27(25)33-29-13-7-12-28(32-26)30(29)31;1-2-7-16(8-3-1)17-13-14-21-19(15-17)25-18-9-4-5-10-20(18)26-22-11-6-12-23(27-21)24(22)25;1-2-7-16(8-3-1)17-13-14-19-23(15-17)27-22-12-6-11-21-24(22)25(19)18-9-4-5-10-20(18)26-21;1-12-6-8-14-18(10-12)22-16-4-3-5-17-20(16)21(14)15-9-7-13(2)11-19(15)23-17/h3-8,10-19,21H,9H2,1-2H3;1-19H;2*1-15H;3-11H,1-2H3. The van der Waals surface area contributed by atoms with E-state index >= 15 is 0 Å². The molecule has 0 aromatic heterocycles. The summed E-state index contributed by atoms with van der Waals surface area (Å²) in [5.41, 5.74) is 35.5. The van der Waals surface area contributed by atoms with Crippen molar-refractivity contribution in [1.29, 1.82) is 0 Å². The fourth-order valence-electron chi connectivity index (χ4n) is 22.5. The first-order valence-corrected chi connectivity index (χ1v) is 49.8. The molecule has 145 heavy (non-hydrogen) atoms. The summed E-state index contributed by atoms with van der Waals surface area (Å²) in [7, 11) is 0. The van der Waals surface area contributed by atoms with Crippen molar-refractivity contribution in [1.82, 2.24) is 0 Å². The summed E-state index contributed by atoms with van der Waals surface area (Å²) in [6.07, 6.45) is 7.93. The third-order valence-electron chi connectivity index (χ3n) is 29.6. The average Bonchev–Trinajstić information content (AvgIpc) is 0.744. The number of rotatable bonds is 6. The predicted octanol–water partition coefficient (Wildman–Crippen LogP) is 23.3. The van der Waals surface area contributed by atoms with Crippen LogP contribution in [0, 0.1) is 26.7 Å². The predicted molar refractivity (Wildman–Crippen MR) is 593 cm³/mol. The highest BCUT2D eigenvalue weighted by Gasteiger charge is 2.47. The lowest BCUT2D eigenvalue weighted by atomic mass is 9.34. The lowest BCUT2D eigenvalue weighted by Crippen LogP contribution is -2.57. The molecule has 0 N–H and O–H groups in total.